The number of esters is 1. The average molecular weight is 325 g/mol. The highest BCUT2D eigenvalue weighted by molar-refractivity contribution is 6.03. The second kappa shape index (κ2) is 8.79. The lowest BCUT2D eigenvalue weighted by molar-refractivity contribution is -0.148. The number of likely N-dealkylation sites (tertiary alicyclic amines) is 1. The van der Waals surface area contributed by atoms with Crippen LogP contribution >= 0.6 is 0 Å². The number of imide groups is 1. The van der Waals surface area contributed by atoms with Gasteiger partial charge in [0.1, 0.15) is 5.78 Å². The molecule has 0 N–H and O–H groups in total. The summed E-state index contributed by atoms with van der Waals surface area (Å²) in [4.78, 5) is 48.2. The summed E-state index contributed by atoms with van der Waals surface area (Å²) in [6, 6.07) is 0. The molecule has 2 amide bonds. The van der Waals surface area contributed by atoms with Crippen LogP contribution in [-0.4, -0.2) is 41.6 Å². The van der Waals surface area contributed by atoms with Crippen LogP contribution < -0.4 is 0 Å². The van der Waals surface area contributed by atoms with E-state index in [1.807, 2.05) is 13.8 Å². The highest BCUT2D eigenvalue weighted by atomic mass is 16.5. The van der Waals surface area contributed by atoms with Gasteiger partial charge in [0, 0.05) is 31.7 Å². The molecule has 130 valence electrons. The van der Waals surface area contributed by atoms with Crippen molar-refractivity contribution in [1.29, 1.82) is 0 Å². The van der Waals surface area contributed by atoms with Crippen LogP contribution in [0.3, 0.4) is 0 Å². The van der Waals surface area contributed by atoms with Crippen LogP contribution in [-0.2, 0) is 23.9 Å². The molecule has 0 saturated carbocycles. The zero-order chi connectivity index (χ0) is 17.6. The molecule has 23 heavy (non-hydrogen) atoms. The predicted molar refractivity (Wildman–Crippen MR) is 84.3 cm³/mol. The summed E-state index contributed by atoms with van der Waals surface area (Å²) >= 11 is 0. The van der Waals surface area contributed by atoms with Crippen molar-refractivity contribution in [2.45, 2.75) is 53.4 Å². The number of ether oxygens (including phenoxy) is 1. The number of ketones is 1. The topological polar surface area (TPSA) is 80.8 Å². The fraction of sp³-hybridized carbons (Fsp3) is 0.765. The molecular formula is C17H27NO5. The van der Waals surface area contributed by atoms with Gasteiger partial charge in [-0.2, -0.15) is 0 Å². The Balaban J connectivity index is 2.27. The Bertz CT molecular complexity index is 470. The number of nitrogens with zero attached hydrogens (tertiary/aromatic N) is 1. The Morgan fingerprint density at radius 2 is 1.83 bits per heavy atom. The Hall–Kier alpha value is -1.72. The van der Waals surface area contributed by atoms with Gasteiger partial charge in [0.15, 0.2) is 0 Å². The van der Waals surface area contributed by atoms with E-state index in [4.69, 9.17) is 4.74 Å². The first kappa shape index (κ1) is 19.3. The summed E-state index contributed by atoms with van der Waals surface area (Å²) < 4.78 is 5.00. The summed E-state index contributed by atoms with van der Waals surface area (Å²) in [5.41, 5.74) is 0. The van der Waals surface area contributed by atoms with Crippen molar-refractivity contribution >= 4 is 23.6 Å². The van der Waals surface area contributed by atoms with Crippen molar-refractivity contribution in [2.75, 3.05) is 13.2 Å². The molecule has 0 spiro atoms. The van der Waals surface area contributed by atoms with E-state index < -0.39 is 0 Å². The summed E-state index contributed by atoms with van der Waals surface area (Å²) in [5, 5.41) is 0. The standard InChI is InChI=1S/C17H27NO5/c1-11(2)14-10-15(20)18(16(14)21)8-7-13(19)6-5-9-23-17(22)12(3)4/h11-12,14H,5-10H2,1-4H3. The highest BCUT2D eigenvalue weighted by Gasteiger charge is 2.39. The Labute approximate surface area is 137 Å². The van der Waals surface area contributed by atoms with Gasteiger partial charge in [0.25, 0.3) is 0 Å². The second-order valence-corrected chi connectivity index (χ2v) is 6.65. The molecule has 0 aromatic carbocycles. The second-order valence-electron chi connectivity index (χ2n) is 6.65. The van der Waals surface area contributed by atoms with Crippen molar-refractivity contribution in [3.05, 3.63) is 0 Å². The monoisotopic (exact) mass is 325 g/mol. The van der Waals surface area contributed by atoms with Crippen LogP contribution in [0.25, 0.3) is 0 Å². The van der Waals surface area contributed by atoms with Gasteiger partial charge in [-0.05, 0) is 12.3 Å². The third-order valence-corrected chi connectivity index (χ3v) is 4.01. The average Bonchev–Trinajstić information content (AvgIpc) is 2.76. The fourth-order valence-electron chi connectivity index (χ4n) is 2.43. The minimum Gasteiger partial charge on any atom is -0.465 e. The molecule has 1 aliphatic heterocycles. The number of rotatable bonds is 9. The minimum absolute atomic E-state index is 0.0285. The lowest BCUT2D eigenvalue weighted by Crippen LogP contribution is -2.33. The number of Topliss-reactive ketones (excluding diaryl/α,β-unsaturated/α-hetero) is 1. The van der Waals surface area contributed by atoms with Gasteiger partial charge in [0.2, 0.25) is 11.8 Å². The molecule has 1 saturated heterocycles. The lowest BCUT2D eigenvalue weighted by Gasteiger charge is -2.16. The van der Waals surface area contributed by atoms with E-state index >= 15 is 0 Å². The Morgan fingerprint density at radius 3 is 2.35 bits per heavy atom. The summed E-state index contributed by atoms with van der Waals surface area (Å²) in [6.45, 7) is 7.72. The van der Waals surface area contributed by atoms with Crippen LogP contribution in [0.1, 0.15) is 53.4 Å². The summed E-state index contributed by atoms with van der Waals surface area (Å²) in [7, 11) is 0. The minimum atomic E-state index is -0.273. The maximum atomic E-state index is 12.1. The highest BCUT2D eigenvalue weighted by Crippen LogP contribution is 2.26. The molecule has 1 atom stereocenters. The summed E-state index contributed by atoms with van der Waals surface area (Å²) in [5.74, 6) is -0.955. The van der Waals surface area contributed by atoms with E-state index in [2.05, 4.69) is 0 Å². The molecule has 0 bridgehead atoms. The van der Waals surface area contributed by atoms with E-state index in [1.165, 1.54) is 4.90 Å². The van der Waals surface area contributed by atoms with Crippen LogP contribution in [0, 0.1) is 17.8 Å². The van der Waals surface area contributed by atoms with Gasteiger partial charge in [-0.25, -0.2) is 0 Å². The molecule has 6 heteroatoms. The maximum absolute atomic E-state index is 12.1. The van der Waals surface area contributed by atoms with Gasteiger partial charge in [-0.1, -0.05) is 27.7 Å². The number of carbonyl (C=O) groups excluding carboxylic acids is 4. The van der Waals surface area contributed by atoms with Crippen LogP contribution in [0.5, 0.6) is 0 Å². The van der Waals surface area contributed by atoms with Crippen molar-refractivity contribution < 1.29 is 23.9 Å². The third-order valence-electron chi connectivity index (χ3n) is 4.01. The Morgan fingerprint density at radius 1 is 1.17 bits per heavy atom. The lowest BCUT2D eigenvalue weighted by atomic mass is 9.94. The number of hydrogen-bond acceptors (Lipinski definition) is 5. The van der Waals surface area contributed by atoms with E-state index in [-0.39, 0.29) is 73.7 Å². The van der Waals surface area contributed by atoms with Crippen LogP contribution in [0.2, 0.25) is 0 Å². The fourth-order valence-corrected chi connectivity index (χ4v) is 2.43. The zero-order valence-corrected chi connectivity index (χ0v) is 14.5. The van der Waals surface area contributed by atoms with Crippen molar-refractivity contribution in [2.24, 2.45) is 17.8 Å². The third kappa shape index (κ3) is 5.77. The maximum Gasteiger partial charge on any atom is 0.308 e. The van der Waals surface area contributed by atoms with Gasteiger partial charge in [-0.3, -0.25) is 24.1 Å². The molecule has 0 radical (unpaired) electrons. The molecule has 1 unspecified atom stereocenters. The molecule has 1 rings (SSSR count). The molecule has 6 nitrogen and oxygen atoms in total. The van der Waals surface area contributed by atoms with Crippen LogP contribution in [0.15, 0.2) is 0 Å². The molecule has 0 aromatic heterocycles. The van der Waals surface area contributed by atoms with Gasteiger partial charge >= 0.3 is 5.97 Å². The number of hydrogen-bond donors (Lipinski definition) is 0. The van der Waals surface area contributed by atoms with Crippen molar-refractivity contribution in [3.63, 3.8) is 0 Å². The van der Waals surface area contributed by atoms with E-state index in [1.54, 1.807) is 13.8 Å². The number of amides is 2. The van der Waals surface area contributed by atoms with E-state index in [9.17, 15) is 19.2 Å². The Kier molecular flexibility index (Phi) is 7.39. The largest absolute Gasteiger partial charge is 0.465 e. The molecule has 0 aromatic rings. The smallest absolute Gasteiger partial charge is 0.308 e. The first-order valence-electron chi connectivity index (χ1n) is 8.26. The first-order valence-corrected chi connectivity index (χ1v) is 8.26. The van der Waals surface area contributed by atoms with Crippen LogP contribution in [0.4, 0.5) is 0 Å². The van der Waals surface area contributed by atoms with Gasteiger partial charge in [0.05, 0.1) is 12.5 Å². The van der Waals surface area contributed by atoms with Crippen molar-refractivity contribution in [3.8, 4) is 0 Å². The molecule has 1 fully saturated rings. The summed E-state index contributed by atoms with van der Waals surface area (Å²) in [6.07, 6.45) is 1.17. The number of carbonyl (C=O) groups is 4. The SMILES string of the molecule is CC(C)C(=O)OCCCC(=O)CCN1C(=O)CC(C(C)C)C1=O. The molecule has 1 aliphatic rings. The van der Waals surface area contributed by atoms with E-state index in [0.29, 0.717) is 6.42 Å². The van der Waals surface area contributed by atoms with Crippen molar-refractivity contribution in [1.82, 2.24) is 4.90 Å². The zero-order valence-electron chi connectivity index (χ0n) is 14.5. The first-order chi connectivity index (χ1) is 10.7. The molecule has 0 aliphatic carbocycles. The van der Waals surface area contributed by atoms with E-state index in [0.717, 1.165) is 0 Å². The molecular weight excluding hydrogens is 298 g/mol. The molecule has 1 heterocycles. The van der Waals surface area contributed by atoms with Gasteiger partial charge in [-0.15, -0.1) is 0 Å². The normalized spacial score (nSPS) is 18.2. The predicted octanol–water partition coefficient (Wildman–Crippen LogP) is 1.96. The van der Waals surface area contributed by atoms with Gasteiger partial charge < -0.3 is 4.74 Å². The quantitative estimate of drug-likeness (QED) is 0.368.